The average molecular weight is 159 g/mol. The van der Waals surface area contributed by atoms with Crippen molar-refractivity contribution in [3.8, 4) is 0 Å². The summed E-state index contributed by atoms with van der Waals surface area (Å²) in [5, 5.41) is 0. The minimum Gasteiger partial charge on any atom is -0.265 e. The van der Waals surface area contributed by atoms with E-state index in [0.717, 1.165) is 0 Å². The zero-order valence-electron chi connectivity index (χ0n) is 7.33. The molecule has 1 atom stereocenters. The van der Waals surface area contributed by atoms with E-state index < -0.39 is 0 Å². The van der Waals surface area contributed by atoms with Gasteiger partial charge in [-0.05, 0) is 31.4 Å². The Morgan fingerprint density at radius 2 is 2.42 bits per heavy atom. The van der Waals surface area contributed by atoms with Gasteiger partial charge in [0.25, 0.3) is 0 Å². The summed E-state index contributed by atoms with van der Waals surface area (Å²) in [6.07, 6.45) is 12.9. The third-order valence-corrected chi connectivity index (χ3v) is 2.53. The highest BCUT2D eigenvalue weighted by Crippen LogP contribution is 2.30. The number of hydrogen-bond acceptors (Lipinski definition) is 1. The topological polar surface area (TPSA) is 12.4 Å². The quantitative estimate of drug-likeness (QED) is 0.515. The highest BCUT2D eigenvalue weighted by molar-refractivity contribution is 5.75. The molecular formula is C11H13N. The first kappa shape index (κ1) is 7.53. The number of allylic oxidation sites excluding steroid dienone is 5. The molecule has 0 radical (unpaired) electrons. The van der Waals surface area contributed by atoms with E-state index >= 15 is 0 Å². The summed E-state index contributed by atoms with van der Waals surface area (Å²) in [7, 11) is 0. The average Bonchev–Trinajstić information content (AvgIpc) is 2.30. The minimum absolute atomic E-state index is 0.609. The van der Waals surface area contributed by atoms with Gasteiger partial charge in [-0.15, -0.1) is 0 Å². The van der Waals surface area contributed by atoms with Crippen molar-refractivity contribution in [2.24, 2.45) is 10.9 Å². The van der Waals surface area contributed by atoms with Crippen LogP contribution in [0.5, 0.6) is 0 Å². The van der Waals surface area contributed by atoms with E-state index in [0.29, 0.717) is 5.92 Å². The van der Waals surface area contributed by atoms with Gasteiger partial charge in [0, 0.05) is 18.3 Å². The number of fused-ring (bicyclic) bond motifs is 1. The SMILES string of the molecule is CC1=CCCC2C=CN=CC=C12. The Kier molecular flexibility index (Phi) is 1.94. The summed E-state index contributed by atoms with van der Waals surface area (Å²) in [4.78, 5) is 4.12. The van der Waals surface area contributed by atoms with Gasteiger partial charge in [0.05, 0.1) is 0 Å². The molecule has 1 heteroatoms. The van der Waals surface area contributed by atoms with Crippen LogP contribution in [0.1, 0.15) is 19.8 Å². The lowest BCUT2D eigenvalue weighted by atomic mass is 9.84. The molecule has 1 aliphatic heterocycles. The molecular weight excluding hydrogens is 146 g/mol. The van der Waals surface area contributed by atoms with Crippen molar-refractivity contribution in [3.63, 3.8) is 0 Å². The van der Waals surface area contributed by atoms with Crippen LogP contribution in [0.4, 0.5) is 0 Å². The van der Waals surface area contributed by atoms with Crippen LogP contribution in [-0.4, -0.2) is 6.21 Å². The molecule has 0 aromatic heterocycles. The Bertz CT molecular complexity index is 292. The summed E-state index contributed by atoms with van der Waals surface area (Å²) in [5.41, 5.74) is 2.86. The first-order valence-corrected chi connectivity index (χ1v) is 4.45. The maximum absolute atomic E-state index is 4.12. The van der Waals surface area contributed by atoms with E-state index in [1.165, 1.54) is 24.0 Å². The molecule has 0 aromatic rings. The number of hydrogen-bond donors (Lipinski definition) is 0. The first-order chi connectivity index (χ1) is 5.88. The number of rotatable bonds is 0. The summed E-state index contributed by atoms with van der Waals surface area (Å²) in [5.74, 6) is 0.609. The Labute approximate surface area is 73.2 Å². The lowest BCUT2D eigenvalue weighted by molar-refractivity contribution is 0.664. The van der Waals surface area contributed by atoms with Crippen molar-refractivity contribution in [1.82, 2.24) is 0 Å². The van der Waals surface area contributed by atoms with E-state index in [-0.39, 0.29) is 0 Å². The fourth-order valence-electron chi connectivity index (χ4n) is 1.83. The van der Waals surface area contributed by atoms with Gasteiger partial charge in [-0.3, -0.25) is 4.99 Å². The molecule has 0 fully saturated rings. The molecule has 2 rings (SSSR count). The normalized spacial score (nSPS) is 27.2. The molecule has 0 bridgehead atoms. The second-order valence-electron chi connectivity index (χ2n) is 3.33. The summed E-state index contributed by atoms with van der Waals surface area (Å²) >= 11 is 0. The highest BCUT2D eigenvalue weighted by Gasteiger charge is 2.16. The van der Waals surface area contributed by atoms with Gasteiger partial charge in [-0.25, -0.2) is 0 Å². The van der Waals surface area contributed by atoms with Crippen LogP contribution in [0.2, 0.25) is 0 Å². The molecule has 2 aliphatic rings. The van der Waals surface area contributed by atoms with Crippen molar-refractivity contribution in [2.75, 3.05) is 0 Å². The number of nitrogens with zero attached hydrogens (tertiary/aromatic N) is 1. The molecule has 0 N–H and O–H groups in total. The molecule has 62 valence electrons. The zero-order valence-corrected chi connectivity index (χ0v) is 7.33. The van der Waals surface area contributed by atoms with Crippen molar-refractivity contribution in [1.29, 1.82) is 0 Å². The molecule has 0 amide bonds. The third kappa shape index (κ3) is 1.27. The van der Waals surface area contributed by atoms with E-state index in [9.17, 15) is 0 Å². The minimum atomic E-state index is 0.609. The Morgan fingerprint density at radius 3 is 3.33 bits per heavy atom. The lowest BCUT2D eigenvalue weighted by Gasteiger charge is -2.20. The van der Waals surface area contributed by atoms with Gasteiger partial charge < -0.3 is 0 Å². The highest BCUT2D eigenvalue weighted by atomic mass is 14.7. The fourth-order valence-corrected chi connectivity index (χ4v) is 1.83. The van der Waals surface area contributed by atoms with E-state index in [1.54, 1.807) is 0 Å². The van der Waals surface area contributed by atoms with E-state index in [1.807, 2.05) is 12.4 Å². The summed E-state index contributed by atoms with van der Waals surface area (Å²) < 4.78 is 0. The predicted octanol–water partition coefficient (Wildman–Crippen LogP) is 2.87. The Hall–Kier alpha value is -1.11. The van der Waals surface area contributed by atoms with Crippen molar-refractivity contribution in [3.05, 3.63) is 35.6 Å². The van der Waals surface area contributed by atoms with Gasteiger partial charge in [0.15, 0.2) is 0 Å². The van der Waals surface area contributed by atoms with Crippen molar-refractivity contribution < 1.29 is 0 Å². The van der Waals surface area contributed by atoms with Crippen LogP contribution >= 0.6 is 0 Å². The number of aliphatic imine (C=N–C) groups is 1. The van der Waals surface area contributed by atoms with Gasteiger partial charge >= 0.3 is 0 Å². The standard InChI is InChI=1S/C11H13N/c1-9-3-2-4-10-5-7-12-8-6-11(9)10/h3,5-8,10H,2,4H2,1H3. The Balaban J connectivity index is 2.38. The van der Waals surface area contributed by atoms with E-state index in [4.69, 9.17) is 0 Å². The molecule has 1 heterocycles. The van der Waals surface area contributed by atoms with Gasteiger partial charge in [-0.2, -0.15) is 0 Å². The van der Waals surface area contributed by atoms with Crippen LogP contribution in [0.25, 0.3) is 0 Å². The molecule has 1 aliphatic carbocycles. The van der Waals surface area contributed by atoms with Gasteiger partial charge in [-0.1, -0.05) is 17.7 Å². The first-order valence-electron chi connectivity index (χ1n) is 4.45. The maximum Gasteiger partial charge on any atom is 0.0270 e. The van der Waals surface area contributed by atoms with Crippen LogP contribution in [0, 0.1) is 5.92 Å². The largest absolute Gasteiger partial charge is 0.265 e. The maximum atomic E-state index is 4.12. The summed E-state index contributed by atoms with van der Waals surface area (Å²) in [6.45, 7) is 2.19. The Morgan fingerprint density at radius 1 is 1.50 bits per heavy atom. The lowest BCUT2D eigenvalue weighted by Crippen LogP contribution is -2.06. The molecule has 0 saturated heterocycles. The van der Waals surface area contributed by atoms with Crippen LogP contribution in [0.3, 0.4) is 0 Å². The third-order valence-electron chi connectivity index (χ3n) is 2.53. The van der Waals surface area contributed by atoms with E-state index in [2.05, 4.69) is 30.1 Å². The molecule has 12 heavy (non-hydrogen) atoms. The predicted molar refractivity (Wildman–Crippen MR) is 52.2 cm³/mol. The summed E-state index contributed by atoms with van der Waals surface area (Å²) in [6, 6.07) is 0. The molecule has 0 aromatic carbocycles. The van der Waals surface area contributed by atoms with Crippen LogP contribution in [0.15, 0.2) is 40.6 Å². The molecule has 0 spiro atoms. The van der Waals surface area contributed by atoms with Gasteiger partial charge in [0.2, 0.25) is 0 Å². The monoisotopic (exact) mass is 159 g/mol. The van der Waals surface area contributed by atoms with Crippen LogP contribution < -0.4 is 0 Å². The zero-order chi connectivity index (χ0) is 8.39. The van der Waals surface area contributed by atoms with Crippen molar-refractivity contribution >= 4 is 6.21 Å². The fraction of sp³-hybridized carbons (Fsp3) is 0.364. The van der Waals surface area contributed by atoms with Crippen molar-refractivity contribution in [2.45, 2.75) is 19.8 Å². The second-order valence-corrected chi connectivity index (χ2v) is 3.33. The second kappa shape index (κ2) is 3.10. The smallest absolute Gasteiger partial charge is 0.0270 e. The molecule has 1 nitrogen and oxygen atoms in total. The van der Waals surface area contributed by atoms with Gasteiger partial charge in [0.1, 0.15) is 0 Å². The van der Waals surface area contributed by atoms with Crippen LogP contribution in [-0.2, 0) is 0 Å². The molecule has 0 saturated carbocycles. The molecule has 1 unspecified atom stereocenters.